The molecule has 5 heteroatoms. The predicted molar refractivity (Wildman–Crippen MR) is 56.7 cm³/mol. The smallest absolute Gasteiger partial charge is 0.259 e. The van der Waals surface area contributed by atoms with E-state index in [0.29, 0.717) is 11.3 Å². The number of primary amides is 2. The van der Waals surface area contributed by atoms with Crippen LogP contribution in [0.2, 0.25) is 0 Å². The summed E-state index contributed by atoms with van der Waals surface area (Å²) >= 11 is 0. The van der Waals surface area contributed by atoms with Crippen molar-refractivity contribution in [3.05, 3.63) is 29.3 Å². The number of carbonyl (C=O) groups is 2. The van der Waals surface area contributed by atoms with Gasteiger partial charge in [-0.3, -0.25) is 9.59 Å². The van der Waals surface area contributed by atoms with E-state index in [2.05, 4.69) is 0 Å². The highest BCUT2D eigenvalue weighted by molar-refractivity contribution is 5.93. The van der Waals surface area contributed by atoms with E-state index in [9.17, 15) is 9.59 Å². The highest BCUT2D eigenvalue weighted by atomic mass is 16.5. The van der Waals surface area contributed by atoms with Crippen LogP contribution < -0.4 is 16.2 Å². The molecule has 84 valence electrons. The first-order chi connectivity index (χ1) is 7.52. The second kappa shape index (κ2) is 3.52. The highest BCUT2D eigenvalue weighted by Gasteiger charge is 2.42. The van der Waals surface area contributed by atoms with Gasteiger partial charge in [0.05, 0.1) is 0 Å². The van der Waals surface area contributed by atoms with Crippen molar-refractivity contribution in [3.8, 4) is 5.75 Å². The van der Waals surface area contributed by atoms with E-state index in [0.717, 1.165) is 5.56 Å². The fourth-order valence-corrected chi connectivity index (χ4v) is 1.96. The number of carbonyl (C=O) groups excluding carboxylic acids is 2. The average molecular weight is 220 g/mol. The zero-order valence-corrected chi connectivity index (χ0v) is 8.77. The number of rotatable bonds is 2. The van der Waals surface area contributed by atoms with E-state index in [1.165, 1.54) is 0 Å². The van der Waals surface area contributed by atoms with Gasteiger partial charge < -0.3 is 16.2 Å². The van der Waals surface area contributed by atoms with Crippen LogP contribution in [0.25, 0.3) is 0 Å². The second-order valence-corrected chi connectivity index (χ2v) is 3.81. The lowest BCUT2D eigenvalue weighted by Crippen LogP contribution is -2.40. The van der Waals surface area contributed by atoms with Crippen molar-refractivity contribution in [1.29, 1.82) is 0 Å². The van der Waals surface area contributed by atoms with E-state index in [4.69, 9.17) is 16.2 Å². The molecule has 1 aliphatic rings. The lowest BCUT2D eigenvalue weighted by molar-refractivity contribution is -0.130. The molecule has 0 saturated heterocycles. The van der Waals surface area contributed by atoms with E-state index < -0.39 is 23.8 Å². The quantitative estimate of drug-likeness (QED) is 0.723. The first kappa shape index (κ1) is 10.5. The summed E-state index contributed by atoms with van der Waals surface area (Å²) in [5, 5.41) is 0. The number of hydrogen-bond donors (Lipinski definition) is 2. The van der Waals surface area contributed by atoms with Gasteiger partial charge >= 0.3 is 0 Å². The van der Waals surface area contributed by atoms with Crippen LogP contribution in [-0.4, -0.2) is 17.9 Å². The van der Waals surface area contributed by atoms with Gasteiger partial charge in [0.1, 0.15) is 11.7 Å². The van der Waals surface area contributed by atoms with E-state index in [-0.39, 0.29) is 0 Å². The lowest BCUT2D eigenvalue weighted by atomic mass is 9.93. The molecule has 1 aromatic carbocycles. The molecule has 1 aliphatic heterocycles. The molecule has 2 rings (SSSR count). The van der Waals surface area contributed by atoms with E-state index in [1.807, 2.05) is 13.0 Å². The van der Waals surface area contributed by atoms with Crippen molar-refractivity contribution in [2.24, 2.45) is 11.5 Å². The van der Waals surface area contributed by atoms with Gasteiger partial charge in [0, 0.05) is 5.56 Å². The topological polar surface area (TPSA) is 95.4 Å². The average Bonchev–Trinajstić information content (AvgIpc) is 2.58. The van der Waals surface area contributed by atoms with E-state index >= 15 is 0 Å². The maximum atomic E-state index is 11.3. The van der Waals surface area contributed by atoms with Gasteiger partial charge in [0.2, 0.25) is 5.91 Å². The lowest BCUT2D eigenvalue weighted by Gasteiger charge is -2.11. The molecule has 5 nitrogen and oxygen atoms in total. The summed E-state index contributed by atoms with van der Waals surface area (Å²) in [4.78, 5) is 22.5. The highest BCUT2D eigenvalue weighted by Crippen LogP contribution is 2.40. The van der Waals surface area contributed by atoms with Gasteiger partial charge in [0.25, 0.3) is 5.91 Å². The number of benzene rings is 1. The molecule has 16 heavy (non-hydrogen) atoms. The molecule has 0 saturated carbocycles. The molecule has 4 N–H and O–H groups in total. The number of fused-ring (bicyclic) bond motifs is 1. The Kier molecular flexibility index (Phi) is 2.30. The van der Waals surface area contributed by atoms with Crippen molar-refractivity contribution < 1.29 is 14.3 Å². The van der Waals surface area contributed by atoms with Crippen LogP contribution in [0, 0.1) is 6.92 Å². The summed E-state index contributed by atoms with van der Waals surface area (Å²) in [6.07, 6.45) is -0.992. The Balaban J connectivity index is 2.53. The molecule has 2 amide bonds. The Hall–Kier alpha value is -2.04. The van der Waals surface area contributed by atoms with Crippen molar-refractivity contribution in [2.75, 3.05) is 0 Å². The van der Waals surface area contributed by atoms with Crippen LogP contribution in [-0.2, 0) is 9.59 Å². The number of aryl methyl sites for hydroxylation is 1. The third-order valence-corrected chi connectivity index (χ3v) is 2.71. The maximum Gasteiger partial charge on any atom is 0.259 e. The number of ether oxygens (including phenoxy) is 1. The summed E-state index contributed by atoms with van der Waals surface area (Å²) < 4.78 is 5.40. The van der Waals surface area contributed by atoms with Gasteiger partial charge in [0.15, 0.2) is 6.10 Å². The van der Waals surface area contributed by atoms with Crippen molar-refractivity contribution in [2.45, 2.75) is 18.9 Å². The van der Waals surface area contributed by atoms with Gasteiger partial charge in [-0.1, -0.05) is 18.2 Å². The van der Waals surface area contributed by atoms with Gasteiger partial charge in [-0.2, -0.15) is 0 Å². The fourth-order valence-electron chi connectivity index (χ4n) is 1.96. The van der Waals surface area contributed by atoms with Crippen LogP contribution in [0.1, 0.15) is 17.0 Å². The summed E-state index contributed by atoms with van der Waals surface area (Å²) in [5.74, 6) is -1.53. The van der Waals surface area contributed by atoms with Crippen molar-refractivity contribution >= 4 is 11.8 Å². The predicted octanol–water partition coefficient (Wildman–Crippen LogP) is -0.190. The molecule has 0 spiro atoms. The third-order valence-electron chi connectivity index (χ3n) is 2.71. The molecule has 0 radical (unpaired) electrons. The van der Waals surface area contributed by atoms with Gasteiger partial charge in [-0.15, -0.1) is 0 Å². The zero-order chi connectivity index (χ0) is 11.9. The summed E-state index contributed by atoms with van der Waals surface area (Å²) in [6, 6.07) is 5.35. The van der Waals surface area contributed by atoms with Gasteiger partial charge in [-0.25, -0.2) is 0 Å². The molecule has 2 atom stereocenters. The molecule has 1 heterocycles. The van der Waals surface area contributed by atoms with Crippen molar-refractivity contribution in [3.63, 3.8) is 0 Å². The summed E-state index contributed by atoms with van der Waals surface area (Å²) in [5.41, 5.74) is 11.9. The Bertz CT molecular complexity index is 470. The van der Waals surface area contributed by atoms with Crippen LogP contribution in [0.5, 0.6) is 5.75 Å². The molecule has 1 aromatic rings. The Morgan fingerprint density at radius 1 is 1.25 bits per heavy atom. The summed E-state index contributed by atoms with van der Waals surface area (Å²) in [6.45, 7) is 1.83. The zero-order valence-electron chi connectivity index (χ0n) is 8.77. The normalized spacial score (nSPS) is 22.3. The summed E-state index contributed by atoms with van der Waals surface area (Å²) in [7, 11) is 0. The number of para-hydroxylation sites is 1. The standard InChI is InChI=1S/C11H12N2O3/c1-5-3-2-4-6-7(10(12)14)9(11(13)15)16-8(5)6/h2-4,7,9H,1H3,(H2,12,14)(H2,13,15). The van der Waals surface area contributed by atoms with E-state index in [1.54, 1.807) is 12.1 Å². The van der Waals surface area contributed by atoms with Gasteiger partial charge in [-0.05, 0) is 12.5 Å². The number of nitrogens with two attached hydrogens (primary N) is 2. The Labute approximate surface area is 92.4 Å². The minimum atomic E-state index is -0.992. The molecular weight excluding hydrogens is 208 g/mol. The number of amides is 2. The molecule has 0 fully saturated rings. The van der Waals surface area contributed by atoms with Crippen LogP contribution in [0.15, 0.2) is 18.2 Å². The third kappa shape index (κ3) is 1.41. The largest absolute Gasteiger partial charge is 0.479 e. The van der Waals surface area contributed by atoms with Crippen LogP contribution >= 0.6 is 0 Å². The molecule has 0 aromatic heterocycles. The number of hydrogen-bond acceptors (Lipinski definition) is 3. The second-order valence-electron chi connectivity index (χ2n) is 3.81. The fraction of sp³-hybridized carbons (Fsp3) is 0.273. The molecule has 0 bridgehead atoms. The SMILES string of the molecule is Cc1cccc2c1OC(C(N)=O)C2C(N)=O. The minimum Gasteiger partial charge on any atom is -0.479 e. The first-order valence-electron chi connectivity index (χ1n) is 4.87. The maximum absolute atomic E-state index is 11.3. The molecular formula is C11H12N2O3. The minimum absolute atomic E-state index is 0.537. The first-order valence-corrected chi connectivity index (χ1v) is 4.87. The Morgan fingerprint density at radius 2 is 1.94 bits per heavy atom. The van der Waals surface area contributed by atoms with Crippen LogP contribution in [0.3, 0.4) is 0 Å². The molecule has 2 unspecified atom stereocenters. The monoisotopic (exact) mass is 220 g/mol. The van der Waals surface area contributed by atoms with Crippen molar-refractivity contribution in [1.82, 2.24) is 0 Å². The molecule has 0 aliphatic carbocycles. The van der Waals surface area contributed by atoms with Crippen LogP contribution in [0.4, 0.5) is 0 Å². The Morgan fingerprint density at radius 3 is 2.50 bits per heavy atom.